The Hall–Kier alpha value is -2.29. The van der Waals surface area contributed by atoms with Crippen LogP contribution in [0.25, 0.3) is 22.0 Å². The van der Waals surface area contributed by atoms with Gasteiger partial charge in [0.25, 0.3) is 0 Å². The van der Waals surface area contributed by atoms with E-state index in [4.69, 9.17) is 4.74 Å². The number of imidazole rings is 1. The van der Waals surface area contributed by atoms with Crippen LogP contribution in [-0.2, 0) is 0 Å². The predicted octanol–water partition coefficient (Wildman–Crippen LogP) is 4.21. The van der Waals surface area contributed by atoms with Crippen LogP contribution >= 0.6 is 0 Å². The fourth-order valence-electron chi connectivity index (χ4n) is 2.28. The van der Waals surface area contributed by atoms with Crippen molar-refractivity contribution in [2.45, 2.75) is 19.8 Å². The van der Waals surface area contributed by atoms with Gasteiger partial charge in [-0.25, -0.2) is 4.98 Å². The van der Waals surface area contributed by atoms with E-state index >= 15 is 0 Å². The summed E-state index contributed by atoms with van der Waals surface area (Å²) in [5.74, 6) is 0.704. The Balaban J connectivity index is 2.01. The van der Waals surface area contributed by atoms with E-state index in [0.717, 1.165) is 24.1 Å². The van der Waals surface area contributed by atoms with Gasteiger partial charge in [-0.3, -0.25) is 0 Å². The number of ether oxygens (including phenoxy) is 1. The standard InChI is InChI=1S/C17H17N2O/c1-2-3-11-20-17-16(18-12-19-17)15-10-6-8-13-7-4-5-9-14(13)15/h4-10H,2-3,11H2,1H3,(H,18,19). The first-order valence-corrected chi connectivity index (χ1v) is 6.97. The van der Waals surface area contributed by atoms with Crippen LogP contribution in [0.15, 0.2) is 42.5 Å². The Morgan fingerprint density at radius 2 is 2.00 bits per heavy atom. The molecule has 0 saturated carbocycles. The summed E-state index contributed by atoms with van der Waals surface area (Å²) in [6.45, 7) is 2.85. The number of unbranched alkanes of at least 4 members (excludes halogenated alkanes) is 1. The molecule has 0 amide bonds. The van der Waals surface area contributed by atoms with Gasteiger partial charge in [-0.2, -0.15) is 0 Å². The third-order valence-corrected chi connectivity index (χ3v) is 3.34. The van der Waals surface area contributed by atoms with Gasteiger partial charge in [0.05, 0.1) is 6.61 Å². The van der Waals surface area contributed by atoms with Crippen LogP contribution < -0.4 is 4.74 Å². The minimum absolute atomic E-state index is 0.699. The van der Waals surface area contributed by atoms with Gasteiger partial charge in [0.2, 0.25) is 5.88 Å². The summed E-state index contributed by atoms with van der Waals surface area (Å²) in [7, 11) is 0. The number of nitrogens with zero attached hydrogens (tertiary/aromatic N) is 1. The van der Waals surface area contributed by atoms with Crippen molar-refractivity contribution in [3.8, 4) is 17.1 Å². The van der Waals surface area contributed by atoms with Gasteiger partial charge in [0, 0.05) is 5.56 Å². The molecule has 3 aromatic rings. The second-order valence-corrected chi connectivity index (χ2v) is 4.76. The molecule has 2 aromatic carbocycles. The van der Waals surface area contributed by atoms with Crippen LogP contribution in [0.5, 0.6) is 5.88 Å². The summed E-state index contributed by atoms with van der Waals surface area (Å²) in [5, 5.41) is 2.38. The third kappa shape index (κ3) is 2.39. The molecular weight excluding hydrogens is 248 g/mol. The summed E-state index contributed by atoms with van der Waals surface area (Å²) in [4.78, 5) is 7.28. The van der Waals surface area contributed by atoms with Crippen LogP contribution in [0.2, 0.25) is 0 Å². The molecular formula is C17H17N2O. The number of rotatable bonds is 5. The molecule has 3 heteroatoms. The number of aromatic amines is 1. The average molecular weight is 265 g/mol. The van der Waals surface area contributed by atoms with Gasteiger partial charge >= 0.3 is 0 Å². The highest BCUT2D eigenvalue weighted by Crippen LogP contribution is 2.32. The van der Waals surface area contributed by atoms with Gasteiger partial charge in [0.15, 0.2) is 6.33 Å². The molecule has 20 heavy (non-hydrogen) atoms. The second kappa shape index (κ2) is 5.78. The average Bonchev–Trinajstić information content (AvgIpc) is 2.95. The van der Waals surface area contributed by atoms with E-state index in [2.05, 4.69) is 47.5 Å². The van der Waals surface area contributed by atoms with E-state index in [0.29, 0.717) is 12.5 Å². The minimum atomic E-state index is 0.699. The van der Waals surface area contributed by atoms with Crippen LogP contribution in [0, 0.1) is 6.33 Å². The zero-order chi connectivity index (χ0) is 13.8. The Morgan fingerprint density at radius 3 is 2.90 bits per heavy atom. The van der Waals surface area contributed by atoms with E-state index in [1.807, 2.05) is 18.2 Å². The summed E-state index contributed by atoms with van der Waals surface area (Å²) >= 11 is 0. The molecule has 3 rings (SSSR count). The first-order valence-electron chi connectivity index (χ1n) is 6.97. The monoisotopic (exact) mass is 265 g/mol. The number of fused-ring (bicyclic) bond motifs is 1. The predicted molar refractivity (Wildman–Crippen MR) is 80.8 cm³/mol. The van der Waals surface area contributed by atoms with E-state index in [-0.39, 0.29) is 0 Å². The van der Waals surface area contributed by atoms with Gasteiger partial charge in [-0.05, 0) is 17.2 Å². The smallest absolute Gasteiger partial charge is 0.219 e. The molecule has 0 aliphatic heterocycles. The quantitative estimate of drug-likeness (QED) is 0.702. The molecule has 101 valence electrons. The summed E-state index contributed by atoms with van der Waals surface area (Å²) < 4.78 is 5.77. The Kier molecular flexibility index (Phi) is 3.68. The molecule has 0 aliphatic rings. The zero-order valence-corrected chi connectivity index (χ0v) is 11.5. The number of hydrogen-bond donors (Lipinski definition) is 1. The van der Waals surface area contributed by atoms with Crippen molar-refractivity contribution < 1.29 is 4.74 Å². The summed E-state index contributed by atoms with van der Waals surface area (Å²) in [6, 6.07) is 14.5. The van der Waals surface area contributed by atoms with Crippen molar-refractivity contribution >= 4 is 10.8 Å². The first-order chi connectivity index (χ1) is 9.90. The van der Waals surface area contributed by atoms with Crippen molar-refractivity contribution in [2.24, 2.45) is 0 Å². The summed E-state index contributed by atoms with van der Waals surface area (Å²) in [6.07, 6.45) is 4.94. The number of H-pyrrole nitrogens is 1. The van der Waals surface area contributed by atoms with Crippen molar-refractivity contribution in [3.05, 3.63) is 48.8 Å². The maximum Gasteiger partial charge on any atom is 0.219 e. The molecule has 0 unspecified atom stereocenters. The molecule has 0 spiro atoms. The highest BCUT2D eigenvalue weighted by Gasteiger charge is 2.12. The number of nitrogens with one attached hydrogen (secondary N) is 1. The normalized spacial score (nSPS) is 10.8. The topological polar surface area (TPSA) is 37.9 Å². The molecule has 1 aromatic heterocycles. The Bertz CT molecular complexity index is 698. The molecule has 1 radical (unpaired) electrons. The van der Waals surface area contributed by atoms with Gasteiger partial charge in [-0.1, -0.05) is 55.8 Å². The van der Waals surface area contributed by atoms with Crippen LogP contribution in [0.4, 0.5) is 0 Å². The second-order valence-electron chi connectivity index (χ2n) is 4.76. The van der Waals surface area contributed by atoms with Gasteiger partial charge in [-0.15, -0.1) is 0 Å². The third-order valence-electron chi connectivity index (χ3n) is 3.34. The fourth-order valence-corrected chi connectivity index (χ4v) is 2.28. The van der Waals surface area contributed by atoms with E-state index in [1.165, 1.54) is 10.8 Å². The van der Waals surface area contributed by atoms with Crippen LogP contribution in [0.1, 0.15) is 19.8 Å². The summed E-state index contributed by atoms with van der Waals surface area (Å²) in [5.41, 5.74) is 1.91. The zero-order valence-electron chi connectivity index (χ0n) is 11.5. The van der Waals surface area contributed by atoms with Crippen molar-refractivity contribution in [1.82, 2.24) is 9.97 Å². The lowest BCUT2D eigenvalue weighted by atomic mass is 10.0. The number of benzene rings is 2. The van der Waals surface area contributed by atoms with Crippen LogP contribution in [-0.4, -0.2) is 16.6 Å². The van der Waals surface area contributed by atoms with E-state index in [1.54, 1.807) is 0 Å². The molecule has 1 heterocycles. The van der Waals surface area contributed by atoms with Gasteiger partial charge in [0.1, 0.15) is 5.69 Å². The first kappa shape index (κ1) is 12.7. The maximum absolute atomic E-state index is 5.77. The Morgan fingerprint density at radius 1 is 1.15 bits per heavy atom. The van der Waals surface area contributed by atoms with Gasteiger partial charge < -0.3 is 9.72 Å². The molecule has 0 fully saturated rings. The molecule has 3 nitrogen and oxygen atoms in total. The molecule has 0 saturated heterocycles. The van der Waals surface area contributed by atoms with Crippen LogP contribution in [0.3, 0.4) is 0 Å². The molecule has 0 bridgehead atoms. The fraction of sp³-hybridized carbons (Fsp3) is 0.235. The van der Waals surface area contributed by atoms with Crippen molar-refractivity contribution in [1.29, 1.82) is 0 Å². The highest BCUT2D eigenvalue weighted by molar-refractivity contribution is 5.96. The molecule has 1 N–H and O–H groups in total. The Labute approximate surface area is 118 Å². The lowest BCUT2D eigenvalue weighted by molar-refractivity contribution is 0.300. The van der Waals surface area contributed by atoms with E-state index in [9.17, 15) is 0 Å². The number of aromatic nitrogens is 2. The lowest BCUT2D eigenvalue weighted by Crippen LogP contribution is -1.98. The minimum Gasteiger partial charge on any atom is -0.477 e. The van der Waals surface area contributed by atoms with E-state index < -0.39 is 0 Å². The highest BCUT2D eigenvalue weighted by atomic mass is 16.5. The SMILES string of the molecule is CCCCOc1[nH][c]nc1-c1cccc2ccccc12. The maximum atomic E-state index is 5.77. The lowest BCUT2D eigenvalue weighted by Gasteiger charge is -2.08. The molecule has 0 aliphatic carbocycles. The van der Waals surface area contributed by atoms with Crippen molar-refractivity contribution in [2.75, 3.05) is 6.61 Å². The molecule has 0 atom stereocenters. The largest absolute Gasteiger partial charge is 0.477 e. The number of hydrogen-bond acceptors (Lipinski definition) is 2. The van der Waals surface area contributed by atoms with Crippen molar-refractivity contribution in [3.63, 3.8) is 0 Å².